The molecule has 0 aliphatic carbocycles. The summed E-state index contributed by atoms with van der Waals surface area (Å²) in [6.07, 6.45) is 9.59. The van der Waals surface area contributed by atoms with Gasteiger partial charge in [-0.15, -0.1) is 0 Å². The quantitative estimate of drug-likeness (QED) is 0.341. The van der Waals surface area contributed by atoms with Crippen LogP contribution >= 0.6 is 28.5 Å². The molecule has 3 heteroatoms. The van der Waals surface area contributed by atoms with Crippen LogP contribution in [0.1, 0.15) is 51.9 Å². The van der Waals surface area contributed by atoms with Gasteiger partial charge in [0.1, 0.15) is 0 Å². The number of hydrogen-bond donors (Lipinski definition) is 0. The van der Waals surface area contributed by atoms with Gasteiger partial charge in [0.05, 0.1) is 13.1 Å². The van der Waals surface area contributed by atoms with Gasteiger partial charge in [-0.25, -0.2) is 0 Å². The van der Waals surface area contributed by atoms with E-state index in [0.717, 1.165) is 6.61 Å². The van der Waals surface area contributed by atoms with Crippen LogP contribution in [0.15, 0.2) is 0 Å². The Morgan fingerprint density at radius 2 is 1.58 bits per heavy atom. The molecule has 12 heavy (non-hydrogen) atoms. The van der Waals surface area contributed by atoms with Gasteiger partial charge in [-0.3, -0.25) is 0 Å². The second-order valence-corrected chi connectivity index (χ2v) is 4.81. The Morgan fingerprint density at radius 1 is 1.00 bits per heavy atom. The lowest BCUT2D eigenvalue weighted by Gasteiger charge is -2.00. The standard InChI is InChI=1S/C9H20IOP/c1-2-3-4-5-6-7-8-9-11-12-10/h12H,2-9H2,1H3. The summed E-state index contributed by atoms with van der Waals surface area (Å²) in [6, 6.07) is 0. The molecule has 0 bridgehead atoms. The van der Waals surface area contributed by atoms with Crippen LogP contribution in [0, 0.1) is 0 Å². The number of unbranched alkanes of at least 4 members (excludes halogenated alkanes) is 6. The molecule has 0 aromatic heterocycles. The molecule has 0 radical (unpaired) electrons. The van der Waals surface area contributed by atoms with Crippen molar-refractivity contribution in [2.24, 2.45) is 0 Å². The van der Waals surface area contributed by atoms with Gasteiger partial charge in [-0.05, 0) is 28.5 Å². The first-order valence-corrected chi connectivity index (χ1v) is 8.91. The topological polar surface area (TPSA) is 9.23 Å². The summed E-state index contributed by atoms with van der Waals surface area (Å²) in [5, 5.41) is 0. The first-order valence-electron chi connectivity index (χ1n) is 4.89. The predicted molar refractivity (Wildman–Crippen MR) is 66.3 cm³/mol. The molecule has 0 N–H and O–H groups in total. The second-order valence-electron chi connectivity index (χ2n) is 3.05. The van der Waals surface area contributed by atoms with E-state index in [9.17, 15) is 0 Å². The maximum Gasteiger partial charge on any atom is 0.0793 e. The van der Waals surface area contributed by atoms with Crippen molar-refractivity contribution < 1.29 is 4.52 Å². The van der Waals surface area contributed by atoms with Crippen molar-refractivity contribution >= 4 is 28.5 Å². The molecule has 0 aromatic rings. The SMILES string of the molecule is CCCCCCCCCOPI. The van der Waals surface area contributed by atoms with E-state index in [1.807, 2.05) is 0 Å². The molecule has 0 amide bonds. The van der Waals surface area contributed by atoms with Gasteiger partial charge >= 0.3 is 0 Å². The van der Waals surface area contributed by atoms with E-state index >= 15 is 0 Å². The first kappa shape index (κ1) is 13.1. The summed E-state index contributed by atoms with van der Waals surface area (Å²) in [4.78, 5) is 0. The van der Waals surface area contributed by atoms with Gasteiger partial charge in [0.15, 0.2) is 0 Å². The van der Waals surface area contributed by atoms with E-state index in [-0.39, 0.29) is 0 Å². The Bertz CT molecular complexity index is 70.9. The summed E-state index contributed by atoms with van der Waals surface area (Å²) in [5.74, 6) is 0. The van der Waals surface area contributed by atoms with Gasteiger partial charge in [0, 0.05) is 0 Å². The van der Waals surface area contributed by atoms with E-state index in [1.165, 1.54) is 44.9 Å². The molecule has 0 saturated carbocycles. The van der Waals surface area contributed by atoms with Crippen molar-refractivity contribution in [1.82, 2.24) is 0 Å². The summed E-state index contributed by atoms with van der Waals surface area (Å²) in [5.41, 5.74) is 0. The van der Waals surface area contributed by atoms with Crippen molar-refractivity contribution in [3.63, 3.8) is 0 Å². The predicted octanol–water partition coefficient (Wildman–Crippen LogP) is 4.70. The second kappa shape index (κ2) is 12.1. The molecule has 74 valence electrons. The highest BCUT2D eigenvalue weighted by atomic mass is 127. The minimum atomic E-state index is 0.640. The number of hydrogen-bond acceptors (Lipinski definition) is 1. The average molecular weight is 302 g/mol. The Labute approximate surface area is 91.4 Å². The van der Waals surface area contributed by atoms with Crippen LogP contribution < -0.4 is 0 Å². The molecule has 0 spiro atoms. The van der Waals surface area contributed by atoms with Crippen LogP contribution in [0.3, 0.4) is 0 Å². The normalized spacial score (nSPS) is 11.5. The molecule has 0 rings (SSSR count). The van der Waals surface area contributed by atoms with Gasteiger partial charge in [0.2, 0.25) is 0 Å². The highest BCUT2D eigenvalue weighted by Gasteiger charge is 1.90. The van der Waals surface area contributed by atoms with E-state index in [0.29, 0.717) is 6.45 Å². The van der Waals surface area contributed by atoms with Crippen LogP contribution in [-0.4, -0.2) is 6.61 Å². The van der Waals surface area contributed by atoms with E-state index in [2.05, 4.69) is 29.0 Å². The Kier molecular flexibility index (Phi) is 13.3. The van der Waals surface area contributed by atoms with Crippen molar-refractivity contribution in [1.29, 1.82) is 0 Å². The monoisotopic (exact) mass is 302 g/mol. The molecule has 0 aliphatic rings. The van der Waals surface area contributed by atoms with Crippen LogP contribution in [0.25, 0.3) is 0 Å². The number of rotatable bonds is 9. The summed E-state index contributed by atoms with van der Waals surface area (Å²) in [7, 11) is 0. The molecular formula is C9H20IOP. The largest absolute Gasteiger partial charge is 0.352 e. The first-order chi connectivity index (χ1) is 5.91. The summed E-state index contributed by atoms with van der Waals surface area (Å²) in [6.45, 7) is 3.87. The Hall–Kier alpha value is 1.12. The molecule has 0 heterocycles. The average Bonchev–Trinajstić information content (AvgIpc) is 2.10. The lowest BCUT2D eigenvalue weighted by Crippen LogP contribution is -1.85. The van der Waals surface area contributed by atoms with Gasteiger partial charge in [0.25, 0.3) is 0 Å². The number of halogens is 1. The van der Waals surface area contributed by atoms with Crippen molar-refractivity contribution in [3.8, 4) is 0 Å². The van der Waals surface area contributed by atoms with E-state index < -0.39 is 0 Å². The maximum atomic E-state index is 5.28. The Morgan fingerprint density at radius 3 is 2.17 bits per heavy atom. The molecule has 0 fully saturated rings. The summed E-state index contributed by atoms with van der Waals surface area (Å²) < 4.78 is 5.28. The smallest absolute Gasteiger partial charge is 0.0793 e. The third-order valence-corrected chi connectivity index (χ3v) is 3.15. The van der Waals surface area contributed by atoms with Gasteiger partial charge in [-0.2, -0.15) is 0 Å². The fourth-order valence-electron chi connectivity index (χ4n) is 1.17. The van der Waals surface area contributed by atoms with Crippen LogP contribution in [0.5, 0.6) is 0 Å². The van der Waals surface area contributed by atoms with Gasteiger partial charge in [-0.1, -0.05) is 45.4 Å². The molecule has 0 aliphatic heterocycles. The molecule has 1 unspecified atom stereocenters. The van der Waals surface area contributed by atoms with Crippen LogP contribution in [0.4, 0.5) is 0 Å². The zero-order valence-corrected chi connectivity index (χ0v) is 11.1. The van der Waals surface area contributed by atoms with Gasteiger partial charge < -0.3 is 4.52 Å². The third kappa shape index (κ3) is 11.1. The summed E-state index contributed by atoms with van der Waals surface area (Å²) >= 11 is 2.27. The zero-order chi connectivity index (χ0) is 9.07. The molecule has 1 atom stereocenters. The maximum absolute atomic E-state index is 5.28. The molecule has 0 saturated heterocycles. The molecular weight excluding hydrogens is 282 g/mol. The van der Waals surface area contributed by atoms with Crippen LogP contribution in [0.2, 0.25) is 0 Å². The van der Waals surface area contributed by atoms with Crippen LogP contribution in [-0.2, 0) is 4.52 Å². The molecule has 0 aromatic carbocycles. The minimum absolute atomic E-state index is 0.640. The van der Waals surface area contributed by atoms with E-state index in [1.54, 1.807) is 0 Å². The van der Waals surface area contributed by atoms with Crippen molar-refractivity contribution in [2.75, 3.05) is 6.61 Å². The Balaban J connectivity index is 2.73. The van der Waals surface area contributed by atoms with Crippen molar-refractivity contribution in [2.45, 2.75) is 51.9 Å². The highest BCUT2D eigenvalue weighted by Crippen LogP contribution is 2.22. The fourth-order valence-corrected chi connectivity index (χ4v) is 2.05. The minimum Gasteiger partial charge on any atom is -0.352 e. The lowest BCUT2D eigenvalue weighted by molar-refractivity contribution is 0.352. The molecule has 1 nitrogen and oxygen atoms in total. The third-order valence-electron chi connectivity index (χ3n) is 1.90. The lowest BCUT2D eigenvalue weighted by atomic mass is 10.1. The fraction of sp³-hybridized carbons (Fsp3) is 1.00. The highest BCUT2D eigenvalue weighted by molar-refractivity contribution is 14.2. The zero-order valence-electron chi connectivity index (χ0n) is 7.94. The van der Waals surface area contributed by atoms with Crippen molar-refractivity contribution in [3.05, 3.63) is 0 Å². The van der Waals surface area contributed by atoms with E-state index in [4.69, 9.17) is 4.52 Å².